The minimum absolute atomic E-state index is 0.212. The van der Waals surface area contributed by atoms with E-state index >= 15 is 0 Å². The molecular formula is C31H48N8O4. The fraction of sp³-hybridized carbons (Fsp3) is 0.613. The Kier molecular flexibility index (Phi) is 12.4. The van der Waals surface area contributed by atoms with Gasteiger partial charge in [0.15, 0.2) is 11.5 Å². The third kappa shape index (κ3) is 9.77. The van der Waals surface area contributed by atoms with Gasteiger partial charge in [0.2, 0.25) is 0 Å². The number of esters is 1. The Morgan fingerprint density at radius 2 is 1.74 bits per heavy atom. The molecule has 3 N–H and O–H groups in total. The summed E-state index contributed by atoms with van der Waals surface area (Å²) < 4.78 is 12.1. The van der Waals surface area contributed by atoms with Crippen molar-refractivity contribution in [2.75, 3.05) is 72.3 Å². The normalized spacial score (nSPS) is 14.5. The van der Waals surface area contributed by atoms with E-state index in [1.165, 1.54) is 12.7 Å². The second kappa shape index (κ2) is 16.4. The van der Waals surface area contributed by atoms with Crippen LogP contribution in [-0.4, -0.2) is 107 Å². The molecule has 1 aliphatic heterocycles. The van der Waals surface area contributed by atoms with Crippen molar-refractivity contribution in [1.82, 2.24) is 34.2 Å². The highest BCUT2D eigenvalue weighted by molar-refractivity contribution is 5.81. The monoisotopic (exact) mass is 596 g/mol. The van der Waals surface area contributed by atoms with Crippen LogP contribution in [0.4, 0.5) is 5.82 Å². The number of hydrogen-bond donors (Lipinski definition) is 2. The molecule has 1 fully saturated rings. The first-order valence-corrected chi connectivity index (χ1v) is 15.5. The Morgan fingerprint density at radius 3 is 2.49 bits per heavy atom. The van der Waals surface area contributed by atoms with Gasteiger partial charge in [-0.3, -0.25) is 14.3 Å². The summed E-state index contributed by atoms with van der Waals surface area (Å²) in [5, 5.41) is 0. The average Bonchev–Trinajstić information content (AvgIpc) is 3.32. The Labute approximate surface area is 254 Å². The maximum atomic E-state index is 12.6. The number of piperazine rings is 1. The van der Waals surface area contributed by atoms with E-state index in [0.29, 0.717) is 30.7 Å². The van der Waals surface area contributed by atoms with Crippen LogP contribution in [0.1, 0.15) is 50.2 Å². The highest BCUT2D eigenvalue weighted by atomic mass is 16.5. The van der Waals surface area contributed by atoms with Crippen LogP contribution in [0.5, 0.6) is 6.01 Å². The van der Waals surface area contributed by atoms with E-state index in [-0.39, 0.29) is 23.5 Å². The number of fused-ring (bicyclic) bond motifs is 1. The van der Waals surface area contributed by atoms with Crippen LogP contribution >= 0.6 is 0 Å². The molecule has 0 saturated carbocycles. The molecule has 4 rings (SSSR count). The SMILES string of the molecule is CCCCOc1nc(N)c2[nH]c(=O)n(CCCCCN3CCN(CCN(C)Cc4cccc(CC(=O)OC)c4)CC3)c2n1. The highest BCUT2D eigenvalue weighted by Crippen LogP contribution is 2.18. The highest BCUT2D eigenvalue weighted by Gasteiger charge is 2.18. The lowest BCUT2D eigenvalue weighted by Gasteiger charge is -2.35. The maximum Gasteiger partial charge on any atom is 0.327 e. The van der Waals surface area contributed by atoms with Crippen molar-refractivity contribution >= 4 is 23.0 Å². The number of aromatic nitrogens is 4. The van der Waals surface area contributed by atoms with Gasteiger partial charge in [0.1, 0.15) is 5.52 Å². The first-order chi connectivity index (χ1) is 20.9. The lowest BCUT2D eigenvalue weighted by molar-refractivity contribution is -0.139. The molecule has 0 spiro atoms. The molecule has 0 radical (unpaired) electrons. The lowest BCUT2D eigenvalue weighted by Crippen LogP contribution is -2.48. The molecule has 12 nitrogen and oxygen atoms in total. The molecule has 43 heavy (non-hydrogen) atoms. The van der Waals surface area contributed by atoms with Gasteiger partial charge in [-0.05, 0) is 44.0 Å². The average molecular weight is 597 g/mol. The van der Waals surface area contributed by atoms with Crippen LogP contribution in [0.25, 0.3) is 11.2 Å². The summed E-state index contributed by atoms with van der Waals surface area (Å²) >= 11 is 0. The zero-order valence-electron chi connectivity index (χ0n) is 26.0. The number of methoxy groups -OCH3 is 1. The number of aromatic amines is 1. The van der Waals surface area contributed by atoms with Crippen molar-refractivity contribution in [3.8, 4) is 6.01 Å². The first kappa shape index (κ1) is 32.4. The molecule has 1 aliphatic rings. The number of rotatable bonds is 17. The number of likely N-dealkylation sites (N-methyl/N-ethyl adjacent to an activating group) is 1. The zero-order chi connectivity index (χ0) is 30.6. The van der Waals surface area contributed by atoms with Crippen molar-refractivity contribution in [3.63, 3.8) is 0 Å². The number of nitrogens with two attached hydrogens (primary N) is 1. The molecular weight excluding hydrogens is 548 g/mol. The molecule has 0 aliphatic carbocycles. The summed E-state index contributed by atoms with van der Waals surface area (Å²) in [5.41, 5.74) is 9.03. The van der Waals surface area contributed by atoms with Gasteiger partial charge >= 0.3 is 17.7 Å². The number of nitrogens with zero attached hydrogens (tertiary/aromatic N) is 6. The number of hydrogen-bond acceptors (Lipinski definition) is 10. The second-order valence-corrected chi connectivity index (χ2v) is 11.4. The van der Waals surface area contributed by atoms with Crippen LogP contribution in [0, 0.1) is 0 Å². The molecule has 0 amide bonds. The third-order valence-corrected chi connectivity index (χ3v) is 8.00. The van der Waals surface area contributed by atoms with Gasteiger partial charge in [-0.15, -0.1) is 0 Å². The summed E-state index contributed by atoms with van der Waals surface area (Å²) in [6.07, 6.45) is 5.25. The van der Waals surface area contributed by atoms with Gasteiger partial charge < -0.3 is 30.0 Å². The van der Waals surface area contributed by atoms with E-state index in [2.05, 4.69) is 55.8 Å². The number of carbonyl (C=O) groups excluding carboxylic acids is 1. The molecule has 236 valence electrons. The van der Waals surface area contributed by atoms with Gasteiger partial charge in [-0.25, -0.2) is 4.79 Å². The van der Waals surface area contributed by atoms with E-state index in [0.717, 1.165) is 90.0 Å². The number of H-pyrrole nitrogens is 1. The molecule has 3 aromatic rings. The molecule has 0 atom stereocenters. The second-order valence-electron chi connectivity index (χ2n) is 11.4. The number of carbonyl (C=O) groups is 1. The smallest absolute Gasteiger partial charge is 0.327 e. The summed E-state index contributed by atoms with van der Waals surface area (Å²) in [7, 11) is 3.57. The van der Waals surface area contributed by atoms with Gasteiger partial charge in [-0.1, -0.05) is 44.0 Å². The Balaban J connectivity index is 1.12. The largest absolute Gasteiger partial charge is 0.469 e. The Bertz CT molecular complexity index is 1370. The van der Waals surface area contributed by atoms with E-state index in [9.17, 15) is 9.59 Å². The van der Waals surface area contributed by atoms with Crippen molar-refractivity contribution < 1.29 is 14.3 Å². The summed E-state index contributed by atoms with van der Waals surface area (Å²) in [4.78, 5) is 43.0. The molecule has 12 heteroatoms. The van der Waals surface area contributed by atoms with Crippen LogP contribution in [-0.2, 0) is 29.0 Å². The summed E-state index contributed by atoms with van der Waals surface area (Å²) in [6.45, 7) is 11.5. The predicted molar refractivity (Wildman–Crippen MR) is 168 cm³/mol. The van der Waals surface area contributed by atoms with Crippen LogP contribution in [0.2, 0.25) is 0 Å². The number of nitrogen functional groups attached to an aromatic ring is 1. The number of imidazole rings is 1. The number of aryl methyl sites for hydroxylation is 1. The van der Waals surface area contributed by atoms with E-state index in [1.54, 1.807) is 4.57 Å². The quantitative estimate of drug-likeness (QED) is 0.177. The third-order valence-electron chi connectivity index (χ3n) is 8.00. The van der Waals surface area contributed by atoms with Gasteiger partial charge in [0.05, 0.1) is 20.1 Å². The number of benzene rings is 1. The standard InChI is InChI=1S/C31H48N8O4/c1-4-5-20-43-30-34-28(32)27-29(35-30)39(31(41)33-27)13-8-6-7-12-37-16-18-38(19-17-37)15-14-36(2)23-25-11-9-10-24(21-25)22-26(40)42-3/h9-11,21H,4-8,12-20,22-23H2,1-3H3,(H,33,41)(H2,32,34,35). The van der Waals surface area contributed by atoms with Crippen LogP contribution in [0.15, 0.2) is 29.1 Å². The molecule has 2 aromatic heterocycles. The number of anilines is 1. The predicted octanol–water partition coefficient (Wildman–Crippen LogP) is 2.52. The van der Waals surface area contributed by atoms with Crippen molar-refractivity contribution in [2.24, 2.45) is 0 Å². The minimum Gasteiger partial charge on any atom is -0.469 e. The van der Waals surface area contributed by atoms with E-state index in [4.69, 9.17) is 15.2 Å². The fourth-order valence-corrected chi connectivity index (χ4v) is 5.41. The van der Waals surface area contributed by atoms with Crippen LogP contribution in [0.3, 0.4) is 0 Å². The topological polar surface area (TPSA) is 135 Å². The maximum absolute atomic E-state index is 12.6. The zero-order valence-corrected chi connectivity index (χ0v) is 26.0. The lowest BCUT2D eigenvalue weighted by atomic mass is 10.1. The van der Waals surface area contributed by atoms with E-state index in [1.807, 2.05) is 12.1 Å². The number of ether oxygens (including phenoxy) is 2. The van der Waals surface area contributed by atoms with Gasteiger partial charge in [-0.2, -0.15) is 9.97 Å². The van der Waals surface area contributed by atoms with Crippen molar-refractivity contribution in [3.05, 3.63) is 45.9 Å². The molecule has 3 heterocycles. The summed E-state index contributed by atoms with van der Waals surface area (Å²) in [6, 6.07) is 8.40. The molecule has 1 aromatic carbocycles. The number of nitrogens with one attached hydrogen (secondary N) is 1. The number of unbranched alkanes of at least 4 members (excludes halogenated alkanes) is 3. The van der Waals surface area contributed by atoms with Gasteiger partial charge in [0, 0.05) is 52.4 Å². The Morgan fingerprint density at radius 1 is 1.02 bits per heavy atom. The molecule has 0 unspecified atom stereocenters. The molecule has 0 bridgehead atoms. The van der Waals surface area contributed by atoms with Crippen molar-refractivity contribution in [2.45, 2.75) is 58.5 Å². The summed E-state index contributed by atoms with van der Waals surface area (Å²) in [5.74, 6) is 0.0242. The molecule has 1 saturated heterocycles. The van der Waals surface area contributed by atoms with Crippen molar-refractivity contribution in [1.29, 1.82) is 0 Å². The fourth-order valence-electron chi connectivity index (χ4n) is 5.41. The van der Waals surface area contributed by atoms with Crippen LogP contribution < -0.4 is 16.2 Å². The first-order valence-electron chi connectivity index (χ1n) is 15.5. The minimum atomic E-state index is -0.212. The Hall–Kier alpha value is -3.48. The van der Waals surface area contributed by atoms with E-state index < -0.39 is 0 Å². The van der Waals surface area contributed by atoms with Gasteiger partial charge in [0.25, 0.3) is 0 Å².